The van der Waals surface area contributed by atoms with Crippen LogP contribution in [0.25, 0.3) is 10.9 Å². The zero-order chi connectivity index (χ0) is 24.1. The summed E-state index contributed by atoms with van der Waals surface area (Å²) >= 11 is 9.56. The Morgan fingerprint density at radius 1 is 1.18 bits per heavy atom. The molecule has 172 valence electrons. The average Bonchev–Trinajstić information content (AvgIpc) is 2.83. The first-order valence-electron chi connectivity index (χ1n) is 10.5. The molecule has 0 bridgehead atoms. The Kier molecular flexibility index (Phi) is 7.40. The number of nitrogens with zero attached hydrogens (tertiary/aromatic N) is 3. The highest BCUT2D eigenvalue weighted by atomic mass is 79.9. The largest absolute Gasteiger partial charge is 0.483 e. The van der Waals surface area contributed by atoms with Gasteiger partial charge >= 0.3 is 0 Å². The van der Waals surface area contributed by atoms with E-state index in [1.165, 1.54) is 10.9 Å². The van der Waals surface area contributed by atoms with Crippen molar-refractivity contribution in [2.45, 2.75) is 13.3 Å². The molecule has 9 heteroatoms. The van der Waals surface area contributed by atoms with Crippen LogP contribution in [0, 0.1) is 0 Å². The summed E-state index contributed by atoms with van der Waals surface area (Å²) in [6, 6.07) is 19.4. The molecule has 0 unspecified atom stereocenters. The number of aromatic nitrogens is 2. The average molecular weight is 540 g/mol. The fourth-order valence-corrected chi connectivity index (χ4v) is 3.82. The number of benzene rings is 3. The van der Waals surface area contributed by atoms with E-state index in [0.717, 1.165) is 4.47 Å². The number of para-hydroxylation sites is 1. The summed E-state index contributed by atoms with van der Waals surface area (Å²) < 4.78 is 7.76. The van der Waals surface area contributed by atoms with Crippen LogP contribution in [0.2, 0.25) is 5.02 Å². The number of anilines is 1. The van der Waals surface area contributed by atoms with Crippen LogP contribution in [0.15, 0.2) is 81.1 Å². The molecule has 0 saturated carbocycles. The molecule has 7 nitrogen and oxygen atoms in total. The summed E-state index contributed by atoms with van der Waals surface area (Å²) in [4.78, 5) is 29.9. The van der Waals surface area contributed by atoms with E-state index in [0.29, 0.717) is 45.2 Å². The summed E-state index contributed by atoms with van der Waals surface area (Å²) in [6.07, 6.45) is 1.99. The highest BCUT2D eigenvalue weighted by molar-refractivity contribution is 9.10. The Morgan fingerprint density at radius 2 is 1.97 bits per heavy atom. The molecule has 0 aliphatic heterocycles. The van der Waals surface area contributed by atoms with E-state index in [4.69, 9.17) is 16.3 Å². The number of amides is 1. The van der Waals surface area contributed by atoms with Gasteiger partial charge in [-0.25, -0.2) is 4.98 Å². The number of aryl methyl sites for hydroxylation is 1. The van der Waals surface area contributed by atoms with Crippen LogP contribution in [0.4, 0.5) is 5.69 Å². The van der Waals surface area contributed by atoms with Crippen molar-refractivity contribution in [1.82, 2.24) is 9.66 Å². The van der Waals surface area contributed by atoms with Crippen molar-refractivity contribution in [2.24, 2.45) is 5.10 Å². The Bertz CT molecular complexity index is 1440. The number of halogens is 2. The van der Waals surface area contributed by atoms with Gasteiger partial charge in [-0.2, -0.15) is 9.78 Å². The number of rotatable bonds is 7. The molecule has 0 aliphatic rings. The summed E-state index contributed by atoms with van der Waals surface area (Å²) in [6.45, 7) is 1.70. The second-order valence-corrected chi connectivity index (χ2v) is 8.64. The van der Waals surface area contributed by atoms with Crippen LogP contribution < -0.4 is 15.6 Å². The Labute approximate surface area is 209 Å². The molecule has 0 radical (unpaired) electrons. The van der Waals surface area contributed by atoms with Gasteiger partial charge in [0.05, 0.1) is 17.1 Å². The van der Waals surface area contributed by atoms with Crippen LogP contribution in [0.5, 0.6) is 5.75 Å². The molecule has 0 spiro atoms. The standard InChI is InChI=1S/C25H20BrClN4O3/c1-2-23-30-21-10-8-17(26)13-20(21)25(33)31(23)28-14-16-12-18(27)9-11-22(16)34-15-24(32)29-19-6-4-3-5-7-19/h3-14H,2,15H2,1H3,(H,29,32). The first-order valence-corrected chi connectivity index (χ1v) is 11.6. The normalized spacial score (nSPS) is 11.1. The highest BCUT2D eigenvalue weighted by Gasteiger charge is 2.11. The number of carbonyl (C=O) groups excluding carboxylic acids is 1. The van der Waals surface area contributed by atoms with Gasteiger partial charge in [0, 0.05) is 27.2 Å². The van der Waals surface area contributed by atoms with Gasteiger partial charge in [-0.1, -0.05) is 52.7 Å². The molecule has 0 saturated heterocycles. The molecule has 0 fully saturated rings. The van der Waals surface area contributed by atoms with Crippen LogP contribution in [0.1, 0.15) is 18.3 Å². The fourth-order valence-electron chi connectivity index (χ4n) is 3.28. The maximum Gasteiger partial charge on any atom is 0.282 e. The summed E-state index contributed by atoms with van der Waals surface area (Å²) in [5, 5.41) is 8.06. The second kappa shape index (κ2) is 10.6. The minimum Gasteiger partial charge on any atom is -0.483 e. The van der Waals surface area contributed by atoms with E-state index in [-0.39, 0.29) is 18.1 Å². The number of ether oxygens (including phenoxy) is 1. The van der Waals surface area contributed by atoms with E-state index < -0.39 is 0 Å². The topological polar surface area (TPSA) is 85.6 Å². The predicted molar refractivity (Wildman–Crippen MR) is 138 cm³/mol. The van der Waals surface area contributed by atoms with E-state index in [2.05, 4.69) is 31.3 Å². The third kappa shape index (κ3) is 5.52. The molecular weight excluding hydrogens is 520 g/mol. The third-order valence-corrected chi connectivity index (χ3v) is 5.62. The monoisotopic (exact) mass is 538 g/mol. The van der Waals surface area contributed by atoms with Gasteiger partial charge in [-0.3, -0.25) is 9.59 Å². The smallest absolute Gasteiger partial charge is 0.282 e. The van der Waals surface area contributed by atoms with Crippen LogP contribution in [0.3, 0.4) is 0 Å². The van der Waals surface area contributed by atoms with Gasteiger partial charge in [-0.05, 0) is 48.5 Å². The van der Waals surface area contributed by atoms with Crippen molar-refractivity contribution in [2.75, 3.05) is 11.9 Å². The summed E-state index contributed by atoms with van der Waals surface area (Å²) in [7, 11) is 0. The summed E-state index contributed by atoms with van der Waals surface area (Å²) in [5.74, 6) is 0.611. The highest BCUT2D eigenvalue weighted by Crippen LogP contribution is 2.22. The molecule has 1 heterocycles. The lowest BCUT2D eigenvalue weighted by atomic mass is 10.2. The predicted octanol–water partition coefficient (Wildman–Crippen LogP) is 5.27. The Balaban J connectivity index is 1.60. The zero-order valence-electron chi connectivity index (χ0n) is 18.2. The van der Waals surface area contributed by atoms with Crippen LogP contribution >= 0.6 is 27.5 Å². The lowest BCUT2D eigenvalue weighted by Gasteiger charge is -2.11. The van der Waals surface area contributed by atoms with Crippen molar-refractivity contribution >= 4 is 56.2 Å². The molecule has 1 amide bonds. The van der Waals surface area contributed by atoms with E-state index in [1.54, 1.807) is 42.5 Å². The third-order valence-electron chi connectivity index (χ3n) is 4.89. The first kappa shape index (κ1) is 23.7. The minimum atomic E-state index is -0.308. The van der Waals surface area contributed by atoms with Crippen molar-refractivity contribution in [3.63, 3.8) is 0 Å². The number of hydrogen-bond acceptors (Lipinski definition) is 5. The van der Waals surface area contributed by atoms with Crippen LogP contribution in [-0.4, -0.2) is 28.4 Å². The van der Waals surface area contributed by atoms with E-state index in [9.17, 15) is 9.59 Å². The zero-order valence-corrected chi connectivity index (χ0v) is 20.5. The van der Waals surface area contributed by atoms with Crippen molar-refractivity contribution in [3.8, 4) is 5.75 Å². The minimum absolute atomic E-state index is 0.205. The molecule has 0 aliphatic carbocycles. The van der Waals surface area contributed by atoms with Gasteiger partial charge in [0.1, 0.15) is 11.6 Å². The molecule has 4 rings (SSSR count). The molecule has 1 N–H and O–H groups in total. The Hall–Kier alpha value is -3.49. The first-order chi connectivity index (χ1) is 16.4. The number of hydrogen-bond donors (Lipinski definition) is 1. The van der Waals surface area contributed by atoms with Gasteiger partial charge in [-0.15, -0.1) is 0 Å². The van der Waals surface area contributed by atoms with E-state index in [1.807, 2.05) is 31.2 Å². The van der Waals surface area contributed by atoms with E-state index >= 15 is 0 Å². The SMILES string of the molecule is CCc1nc2ccc(Br)cc2c(=O)n1N=Cc1cc(Cl)ccc1OCC(=O)Nc1ccccc1. The Morgan fingerprint density at radius 3 is 2.74 bits per heavy atom. The van der Waals surface area contributed by atoms with Gasteiger partial charge in [0.25, 0.3) is 11.5 Å². The van der Waals surface area contributed by atoms with Crippen molar-refractivity contribution in [1.29, 1.82) is 0 Å². The molecule has 34 heavy (non-hydrogen) atoms. The molecule has 3 aromatic carbocycles. The van der Waals surface area contributed by atoms with Gasteiger partial charge < -0.3 is 10.1 Å². The maximum atomic E-state index is 13.1. The number of carbonyl (C=O) groups is 1. The molecule has 1 aromatic heterocycles. The molecular formula is C25H20BrClN4O3. The van der Waals surface area contributed by atoms with Crippen molar-refractivity contribution in [3.05, 3.63) is 98.0 Å². The van der Waals surface area contributed by atoms with Gasteiger partial charge in [0.15, 0.2) is 6.61 Å². The quantitative estimate of drug-likeness (QED) is 0.324. The lowest BCUT2D eigenvalue weighted by molar-refractivity contribution is -0.118. The number of fused-ring (bicyclic) bond motifs is 1. The fraction of sp³-hybridized carbons (Fsp3) is 0.120. The second-order valence-electron chi connectivity index (χ2n) is 7.29. The van der Waals surface area contributed by atoms with Crippen LogP contribution in [-0.2, 0) is 11.2 Å². The summed E-state index contributed by atoms with van der Waals surface area (Å²) in [5.41, 5.74) is 1.51. The van der Waals surface area contributed by atoms with Crippen molar-refractivity contribution < 1.29 is 9.53 Å². The van der Waals surface area contributed by atoms with Gasteiger partial charge in [0.2, 0.25) is 0 Å². The lowest BCUT2D eigenvalue weighted by Crippen LogP contribution is -2.22. The maximum absolute atomic E-state index is 13.1. The number of nitrogens with one attached hydrogen (secondary N) is 1. The molecule has 4 aromatic rings. The molecule has 0 atom stereocenters.